The van der Waals surface area contributed by atoms with Gasteiger partial charge < -0.3 is 5.73 Å². The monoisotopic (exact) mass is 322 g/mol. The summed E-state index contributed by atoms with van der Waals surface area (Å²) >= 11 is 1.55. The molecule has 4 N–H and O–H groups in total. The maximum Gasteiger partial charge on any atom is 0.238 e. The van der Waals surface area contributed by atoms with Crippen LogP contribution >= 0.6 is 11.8 Å². The predicted molar refractivity (Wildman–Crippen MR) is 87.7 cm³/mol. The van der Waals surface area contributed by atoms with Gasteiger partial charge in [-0.1, -0.05) is 29.8 Å². The highest BCUT2D eigenvalue weighted by Gasteiger charge is 2.15. The molecule has 0 amide bonds. The van der Waals surface area contributed by atoms with Gasteiger partial charge in [-0.15, -0.1) is 11.8 Å². The first-order valence-corrected chi connectivity index (χ1v) is 8.92. The maximum atomic E-state index is 11.6. The summed E-state index contributed by atoms with van der Waals surface area (Å²) in [5, 5.41) is 5.23. The molecule has 0 aliphatic carbocycles. The Morgan fingerprint density at radius 1 is 1.14 bits per heavy atom. The molecule has 0 aliphatic heterocycles. The molecule has 21 heavy (non-hydrogen) atoms. The van der Waals surface area contributed by atoms with Crippen molar-refractivity contribution in [3.63, 3.8) is 0 Å². The van der Waals surface area contributed by atoms with Crippen LogP contribution in [0.15, 0.2) is 46.2 Å². The van der Waals surface area contributed by atoms with Crippen LogP contribution in [0.5, 0.6) is 0 Å². The van der Waals surface area contributed by atoms with Gasteiger partial charge >= 0.3 is 0 Å². The minimum atomic E-state index is -3.76. The molecule has 0 aromatic heterocycles. The van der Waals surface area contributed by atoms with E-state index in [9.17, 15) is 8.42 Å². The van der Waals surface area contributed by atoms with E-state index < -0.39 is 10.0 Å². The summed E-state index contributed by atoms with van der Waals surface area (Å²) in [4.78, 5) is 0.926. The van der Waals surface area contributed by atoms with Crippen LogP contribution in [-0.2, 0) is 15.8 Å². The van der Waals surface area contributed by atoms with Crippen molar-refractivity contribution in [2.75, 3.05) is 5.73 Å². The topological polar surface area (TPSA) is 86.2 Å². The number of hydrogen-bond acceptors (Lipinski definition) is 4. The number of nitrogen functional groups attached to an aromatic ring is 1. The molecule has 6 heteroatoms. The van der Waals surface area contributed by atoms with Crippen molar-refractivity contribution in [1.82, 2.24) is 0 Å². The van der Waals surface area contributed by atoms with Gasteiger partial charge in [0, 0.05) is 16.3 Å². The number of benzene rings is 2. The van der Waals surface area contributed by atoms with E-state index in [-0.39, 0.29) is 4.90 Å². The van der Waals surface area contributed by atoms with Gasteiger partial charge in [0.1, 0.15) is 0 Å². The first-order valence-electron chi connectivity index (χ1n) is 6.38. The lowest BCUT2D eigenvalue weighted by molar-refractivity contribution is 0.597. The molecule has 0 radical (unpaired) electrons. The summed E-state index contributed by atoms with van der Waals surface area (Å²) in [5.74, 6) is 0.746. The van der Waals surface area contributed by atoms with Crippen molar-refractivity contribution in [3.05, 3.63) is 53.1 Å². The van der Waals surface area contributed by atoms with Crippen molar-refractivity contribution in [1.29, 1.82) is 0 Å². The van der Waals surface area contributed by atoms with Gasteiger partial charge in [0.05, 0.1) is 4.90 Å². The van der Waals surface area contributed by atoms with E-state index in [0.717, 1.165) is 10.6 Å². The average Bonchev–Trinajstić information content (AvgIpc) is 2.38. The number of anilines is 1. The Bertz CT molecular complexity index is 771. The van der Waals surface area contributed by atoms with Crippen LogP contribution in [0.4, 0.5) is 5.69 Å². The fourth-order valence-electron chi connectivity index (χ4n) is 2.09. The van der Waals surface area contributed by atoms with E-state index in [1.807, 2.05) is 25.1 Å². The van der Waals surface area contributed by atoms with E-state index in [4.69, 9.17) is 10.9 Å². The Labute approximate surface area is 129 Å². The Morgan fingerprint density at radius 3 is 2.48 bits per heavy atom. The number of nitrogens with two attached hydrogens (primary N) is 2. The van der Waals surface area contributed by atoms with Gasteiger partial charge in [-0.3, -0.25) is 0 Å². The zero-order valence-corrected chi connectivity index (χ0v) is 13.6. The third-order valence-electron chi connectivity index (χ3n) is 3.12. The fourth-order valence-corrected chi connectivity index (χ4v) is 4.04. The molecular weight excluding hydrogens is 304 g/mol. The number of sulfonamides is 1. The third kappa shape index (κ3) is 4.00. The SMILES string of the molecule is Cc1cccc(CSc2cc(N)cc(S(N)(=O)=O)c2C)c1. The normalized spacial score (nSPS) is 11.6. The lowest BCUT2D eigenvalue weighted by Gasteiger charge is -2.11. The van der Waals surface area contributed by atoms with Gasteiger partial charge in [-0.05, 0) is 37.1 Å². The minimum Gasteiger partial charge on any atom is -0.399 e. The number of thioether (sulfide) groups is 1. The van der Waals surface area contributed by atoms with Crippen LogP contribution in [0.1, 0.15) is 16.7 Å². The summed E-state index contributed by atoms with van der Waals surface area (Å²) in [6, 6.07) is 11.4. The molecule has 0 bridgehead atoms. The summed E-state index contributed by atoms with van der Waals surface area (Å²) in [7, 11) is -3.76. The lowest BCUT2D eigenvalue weighted by Crippen LogP contribution is -2.14. The van der Waals surface area contributed by atoms with Crippen molar-refractivity contribution < 1.29 is 8.42 Å². The van der Waals surface area contributed by atoms with Gasteiger partial charge in [-0.25, -0.2) is 13.6 Å². The van der Waals surface area contributed by atoms with Crippen LogP contribution in [0, 0.1) is 13.8 Å². The molecular formula is C15H18N2O2S2. The number of hydrogen-bond donors (Lipinski definition) is 2. The molecule has 4 nitrogen and oxygen atoms in total. The summed E-state index contributed by atoms with van der Waals surface area (Å²) in [6.45, 7) is 3.79. The third-order valence-corrected chi connectivity index (χ3v) is 5.37. The molecule has 0 spiro atoms. The Kier molecular flexibility index (Phi) is 4.61. The molecule has 0 heterocycles. The van der Waals surface area contributed by atoms with Gasteiger partial charge in [0.25, 0.3) is 0 Å². The van der Waals surface area contributed by atoms with Crippen LogP contribution in [-0.4, -0.2) is 8.42 Å². The molecule has 2 aromatic rings. The van der Waals surface area contributed by atoms with Crippen LogP contribution < -0.4 is 10.9 Å². The second-order valence-electron chi connectivity index (χ2n) is 4.96. The minimum absolute atomic E-state index is 0.0919. The van der Waals surface area contributed by atoms with E-state index in [1.54, 1.807) is 24.8 Å². The van der Waals surface area contributed by atoms with Crippen LogP contribution in [0.2, 0.25) is 0 Å². The fraction of sp³-hybridized carbons (Fsp3) is 0.200. The van der Waals surface area contributed by atoms with Crippen molar-refractivity contribution >= 4 is 27.5 Å². The van der Waals surface area contributed by atoms with Gasteiger partial charge in [0.15, 0.2) is 0 Å². The quantitative estimate of drug-likeness (QED) is 0.669. The van der Waals surface area contributed by atoms with Crippen LogP contribution in [0.3, 0.4) is 0 Å². The summed E-state index contributed by atoms with van der Waals surface area (Å²) in [6.07, 6.45) is 0. The molecule has 0 atom stereocenters. The zero-order chi connectivity index (χ0) is 15.6. The molecule has 0 unspecified atom stereocenters. The molecule has 0 aliphatic rings. The molecule has 0 saturated carbocycles. The van der Waals surface area contributed by atoms with E-state index in [1.165, 1.54) is 17.2 Å². The largest absolute Gasteiger partial charge is 0.399 e. The molecule has 2 rings (SSSR count). The smallest absolute Gasteiger partial charge is 0.238 e. The van der Waals surface area contributed by atoms with Gasteiger partial charge in [0.2, 0.25) is 10.0 Å². The standard InChI is InChI=1S/C15H18N2O2S2/c1-10-4-3-5-12(6-10)9-20-14-7-13(16)8-15(11(14)2)21(17,18)19/h3-8H,9,16H2,1-2H3,(H2,17,18,19). The zero-order valence-electron chi connectivity index (χ0n) is 12.0. The van der Waals surface area contributed by atoms with E-state index >= 15 is 0 Å². The maximum absolute atomic E-state index is 11.6. The molecule has 112 valence electrons. The highest BCUT2D eigenvalue weighted by atomic mass is 32.2. The number of primary sulfonamides is 1. The number of rotatable bonds is 4. The Balaban J connectivity index is 2.31. The van der Waals surface area contributed by atoms with E-state index in [0.29, 0.717) is 11.3 Å². The van der Waals surface area contributed by atoms with Gasteiger partial charge in [-0.2, -0.15) is 0 Å². The predicted octanol–water partition coefficient (Wildman–Crippen LogP) is 2.83. The molecule has 2 aromatic carbocycles. The highest BCUT2D eigenvalue weighted by molar-refractivity contribution is 7.98. The number of aryl methyl sites for hydroxylation is 1. The second kappa shape index (κ2) is 6.09. The van der Waals surface area contributed by atoms with Crippen molar-refractivity contribution in [2.45, 2.75) is 29.4 Å². The summed E-state index contributed by atoms with van der Waals surface area (Å²) < 4.78 is 23.2. The molecule has 0 saturated heterocycles. The average molecular weight is 322 g/mol. The Hall–Kier alpha value is -1.50. The first-order chi connectivity index (χ1) is 9.77. The second-order valence-corrected chi connectivity index (χ2v) is 7.51. The first kappa shape index (κ1) is 15.9. The highest BCUT2D eigenvalue weighted by Crippen LogP contribution is 2.32. The van der Waals surface area contributed by atoms with E-state index in [2.05, 4.69) is 6.07 Å². The lowest BCUT2D eigenvalue weighted by atomic mass is 10.2. The van der Waals surface area contributed by atoms with Crippen molar-refractivity contribution in [2.24, 2.45) is 5.14 Å². The van der Waals surface area contributed by atoms with Crippen LogP contribution in [0.25, 0.3) is 0 Å². The molecule has 0 fully saturated rings. The summed E-state index contributed by atoms with van der Waals surface area (Å²) in [5.41, 5.74) is 9.20. The Morgan fingerprint density at radius 2 is 1.86 bits per heavy atom. The van der Waals surface area contributed by atoms with Crippen molar-refractivity contribution in [3.8, 4) is 0 Å².